The fourth-order valence-electron chi connectivity index (χ4n) is 1.96. The summed E-state index contributed by atoms with van der Waals surface area (Å²) in [5.41, 5.74) is 3.88. The number of hydrogen-bond donors (Lipinski definition) is 2. The van der Waals surface area contributed by atoms with Gasteiger partial charge < -0.3 is 10.6 Å². The van der Waals surface area contributed by atoms with Crippen LogP contribution in [0.2, 0.25) is 5.02 Å². The van der Waals surface area contributed by atoms with Crippen LogP contribution in [0.1, 0.15) is 17.5 Å². The number of aryl methyl sites for hydroxylation is 2. The van der Waals surface area contributed by atoms with Gasteiger partial charge in [-0.1, -0.05) is 23.7 Å². The third kappa shape index (κ3) is 4.75. The van der Waals surface area contributed by atoms with Crippen molar-refractivity contribution in [3.05, 3.63) is 57.0 Å². The first-order chi connectivity index (χ1) is 10.5. The molecule has 0 saturated carbocycles. The van der Waals surface area contributed by atoms with E-state index in [2.05, 4.69) is 26.6 Å². The number of benzene rings is 2. The third-order valence-electron chi connectivity index (χ3n) is 3.25. The fraction of sp³-hybridized carbons (Fsp3) is 0.235. The van der Waals surface area contributed by atoms with Gasteiger partial charge in [-0.15, -0.1) is 0 Å². The molecule has 0 radical (unpaired) electrons. The van der Waals surface area contributed by atoms with Gasteiger partial charge >= 0.3 is 0 Å². The summed E-state index contributed by atoms with van der Waals surface area (Å²) in [5.74, 6) is -0.0322. The molecule has 2 aromatic rings. The highest BCUT2D eigenvalue weighted by molar-refractivity contribution is 9.10. The first-order valence-electron chi connectivity index (χ1n) is 7.02. The quantitative estimate of drug-likeness (QED) is 0.751. The van der Waals surface area contributed by atoms with Crippen LogP contribution in [0.3, 0.4) is 0 Å². The van der Waals surface area contributed by atoms with Crippen molar-refractivity contribution >= 4 is 44.8 Å². The Hall–Kier alpha value is -1.52. The van der Waals surface area contributed by atoms with E-state index in [0.717, 1.165) is 32.0 Å². The Bertz CT molecular complexity index is 688. The second-order valence-electron chi connectivity index (χ2n) is 5.17. The van der Waals surface area contributed by atoms with Gasteiger partial charge in [0, 0.05) is 28.1 Å². The molecule has 116 valence electrons. The van der Waals surface area contributed by atoms with E-state index in [1.807, 2.05) is 50.2 Å². The summed E-state index contributed by atoms with van der Waals surface area (Å²) >= 11 is 9.52. The maximum Gasteiger partial charge on any atom is 0.226 e. The normalized spacial score (nSPS) is 10.4. The maximum atomic E-state index is 12.0. The van der Waals surface area contributed by atoms with Gasteiger partial charge in [0.2, 0.25) is 5.91 Å². The lowest BCUT2D eigenvalue weighted by molar-refractivity contribution is -0.115. The molecule has 0 fully saturated rings. The molecular weight excluding hydrogens is 364 g/mol. The number of hydrogen-bond acceptors (Lipinski definition) is 2. The van der Waals surface area contributed by atoms with Gasteiger partial charge in [0.1, 0.15) is 0 Å². The highest BCUT2D eigenvalue weighted by atomic mass is 79.9. The molecular formula is C17H18BrClN2O. The fourth-order valence-corrected chi connectivity index (χ4v) is 2.73. The minimum absolute atomic E-state index is 0.0322. The average molecular weight is 382 g/mol. The van der Waals surface area contributed by atoms with Crippen molar-refractivity contribution in [1.29, 1.82) is 0 Å². The minimum Gasteiger partial charge on any atom is -0.384 e. The van der Waals surface area contributed by atoms with Crippen LogP contribution in [0.4, 0.5) is 11.4 Å². The van der Waals surface area contributed by atoms with E-state index in [1.165, 1.54) is 0 Å². The van der Waals surface area contributed by atoms with Crippen molar-refractivity contribution in [3.63, 3.8) is 0 Å². The average Bonchev–Trinajstić information content (AvgIpc) is 2.46. The lowest BCUT2D eigenvalue weighted by atomic mass is 10.2. The number of rotatable bonds is 5. The molecule has 0 aliphatic rings. The molecule has 2 rings (SSSR count). The van der Waals surface area contributed by atoms with Crippen LogP contribution in [0.25, 0.3) is 0 Å². The van der Waals surface area contributed by atoms with E-state index in [1.54, 1.807) is 0 Å². The first kappa shape index (κ1) is 16.8. The van der Waals surface area contributed by atoms with Crippen LogP contribution in [-0.4, -0.2) is 12.5 Å². The van der Waals surface area contributed by atoms with E-state index in [4.69, 9.17) is 11.6 Å². The molecule has 0 spiro atoms. The molecule has 0 unspecified atom stereocenters. The monoisotopic (exact) mass is 380 g/mol. The topological polar surface area (TPSA) is 41.1 Å². The highest BCUT2D eigenvalue weighted by Crippen LogP contribution is 2.23. The molecule has 0 aliphatic heterocycles. The second kappa shape index (κ2) is 7.65. The molecule has 0 bridgehead atoms. The summed E-state index contributed by atoms with van der Waals surface area (Å²) in [7, 11) is 0. The number of carbonyl (C=O) groups excluding carboxylic acids is 1. The van der Waals surface area contributed by atoms with Crippen molar-refractivity contribution in [3.8, 4) is 0 Å². The summed E-state index contributed by atoms with van der Waals surface area (Å²) < 4.78 is 0.888. The molecule has 22 heavy (non-hydrogen) atoms. The standard InChI is InChI=1S/C17H18BrClN2O/c1-11-3-6-16(14(18)9-11)21-17(22)7-8-20-13-5-4-12(2)15(19)10-13/h3-6,9-10,20H,7-8H2,1-2H3,(H,21,22). The van der Waals surface area contributed by atoms with Crippen LogP contribution in [0.15, 0.2) is 40.9 Å². The van der Waals surface area contributed by atoms with Crippen molar-refractivity contribution in [2.24, 2.45) is 0 Å². The highest BCUT2D eigenvalue weighted by Gasteiger charge is 2.06. The zero-order valence-corrected chi connectivity index (χ0v) is 14.9. The Morgan fingerprint density at radius 2 is 1.95 bits per heavy atom. The Balaban J connectivity index is 1.83. The van der Waals surface area contributed by atoms with E-state index in [0.29, 0.717) is 13.0 Å². The van der Waals surface area contributed by atoms with E-state index in [9.17, 15) is 4.79 Å². The van der Waals surface area contributed by atoms with Gasteiger partial charge in [-0.05, 0) is 65.2 Å². The molecule has 0 heterocycles. The van der Waals surface area contributed by atoms with Crippen LogP contribution in [-0.2, 0) is 4.79 Å². The van der Waals surface area contributed by atoms with Gasteiger partial charge in [0.25, 0.3) is 0 Å². The smallest absolute Gasteiger partial charge is 0.226 e. The van der Waals surface area contributed by atoms with Crippen LogP contribution < -0.4 is 10.6 Å². The van der Waals surface area contributed by atoms with Crippen molar-refractivity contribution in [2.45, 2.75) is 20.3 Å². The SMILES string of the molecule is Cc1ccc(NC(=O)CCNc2ccc(C)c(Cl)c2)c(Br)c1. The van der Waals surface area contributed by atoms with Gasteiger partial charge in [-0.2, -0.15) is 0 Å². The molecule has 5 heteroatoms. The molecule has 0 saturated heterocycles. The zero-order chi connectivity index (χ0) is 16.1. The largest absolute Gasteiger partial charge is 0.384 e. The molecule has 1 amide bonds. The summed E-state index contributed by atoms with van der Waals surface area (Å²) in [6.45, 7) is 4.51. The Morgan fingerprint density at radius 3 is 2.64 bits per heavy atom. The van der Waals surface area contributed by atoms with Gasteiger partial charge in [0.15, 0.2) is 0 Å². The summed E-state index contributed by atoms with van der Waals surface area (Å²) in [5, 5.41) is 6.81. The minimum atomic E-state index is -0.0322. The van der Waals surface area contributed by atoms with Gasteiger partial charge in [-0.25, -0.2) is 0 Å². The van der Waals surface area contributed by atoms with E-state index < -0.39 is 0 Å². The van der Waals surface area contributed by atoms with Crippen molar-refractivity contribution in [1.82, 2.24) is 0 Å². The molecule has 2 N–H and O–H groups in total. The van der Waals surface area contributed by atoms with E-state index >= 15 is 0 Å². The van der Waals surface area contributed by atoms with Crippen LogP contribution in [0, 0.1) is 13.8 Å². The Morgan fingerprint density at radius 1 is 1.18 bits per heavy atom. The predicted molar refractivity (Wildman–Crippen MR) is 96.8 cm³/mol. The zero-order valence-electron chi connectivity index (χ0n) is 12.5. The lowest BCUT2D eigenvalue weighted by Crippen LogP contribution is -2.16. The van der Waals surface area contributed by atoms with Crippen LogP contribution >= 0.6 is 27.5 Å². The Labute approximate surface area is 144 Å². The number of anilines is 2. The van der Waals surface area contributed by atoms with Gasteiger partial charge in [0.05, 0.1) is 5.69 Å². The number of nitrogens with one attached hydrogen (secondary N) is 2. The van der Waals surface area contributed by atoms with Crippen molar-refractivity contribution in [2.75, 3.05) is 17.2 Å². The first-order valence-corrected chi connectivity index (χ1v) is 8.19. The van der Waals surface area contributed by atoms with Gasteiger partial charge in [-0.3, -0.25) is 4.79 Å². The Kier molecular flexibility index (Phi) is 5.86. The molecule has 0 aromatic heterocycles. The maximum absolute atomic E-state index is 12.0. The summed E-state index contributed by atoms with van der Waals surface area (Å²) in [4.78, 5) is 12.0. The summed E-state index contributed by atoms with van der Waals surface area (Å²) in [6, 6.07) is 11.6. The predicted octanol–water partition coefficient (Wildman–Crippen LogP) is 5.16. The second-order valence-corrected chi connectivity index (χ2v) is 6.43. The third-order valence-corrected chi connectivity index (χ3v) is 4.31. The van der Waals surface area contributed by atoms with E-state index in [-0.39, 0.29) is 5.91 Å². The molecule has 0 aliphatic carbocycles. The van der Waals surface area contributed by atoms with Crippen LogP contribution in [0.5, 0.6) is 0 Å². The number of halogens is 2. The molecule has 0 atom stereocenters. The summed E-state index contributed by atoms with van der Waals surface area (Å²) in [6.07, 6.45) is 0.381. The molecule has 3 nitrogen and oxygen atoms in total. The lowest BCUT2D eigenvalue weighted by Gasteiger charge is -2.10. The number of amides is 1. The van der Waals surface area contributed by atoms with Crippen molar-refractivity contribution < 1.29 is 4.79 Å². The molecule has 2 aromatic carbocycles. The number of carbonyl (C=O) groups is 1.